The number of likely N-dealkylation sites (N-methyl/N-ethyl adjacent to an activating group) is 1. The van der Waals surface area contributed by atoms with Gasteiger partial charge in [0.15, 0.2) is 5.69 Å². The third kappa shape index (κ3) is 5.60. The van der Waals surface area contributed by atoms with E-state index in [9.17, 15) is 4.79 Å². The van der Waals surface area contributed by atoms with Gasteiger partial charge in [0.25, 0.3) is 5.91 Å². The summed E-state index contributed by atoms with van der Waals surface area (Å²) in [6.07, 6.45) is 9.76. The molecule has 0 aliphatic heterocycles. The summed E-state index contributed by atoms with van der Waals surface area (Å²) in [5.74, 6) is 0.771. The summed E-state index contributed by atoms with van der Waals surface area (Å²) in [6.45, 7) is 9.72. The van der Waals surface area contributed by atoms with Gasteiger partial charge < -0.3 is 15.1 Å². The molecule has 1 fully saturated rings. The number of amides is 1. The molecule has 1 aromatic rings. The number of carbonyl (C=O) groups is 1. The standard InChI is InChI=1S/C23H41N5O/c1-5-27(6-2)15-14-24-19-12-13-21-20(16-19)22(23(29)26(3)4)25-28(21)17-18-10-8-7-9-11-18/h18-19,24H,5-17H2,1-4H3/t19-/m0/s1. The Bertz CT molecular complexity index is 658. The smallest absolute Gasteiger partial charge is 0.274 e. The molecule has 1 heterocycles. The number of rotatable bonds is 9. The van der Waals surface area contributed by atoms with Gasteiger partial charge in [-0.1, -0.05) is 33.1 Å². The zero-order valence-corrected chi connectivity index (χ0v) is 19.0. The molecule has 0 unspecified atom stereocenters. The maximum Gasteiger partial charge on any atom is 0.274 e. The number of aromatic nitrogens is 2. The van der Waals surface area contributed by atoms with E-state index < -0.39 is 0 Å². The van der Waals surface area contributed by atoms with E-state index in [1.165, 1.54) is 43.4 Å². The Morgan fingerprint density at radius 1 is 1.14 bits per heavy atom. The van der Waals surface area contributed by atoms with Crippen molar-refractivity contribution in [2.45, 2.75) is 77.8 Å². The van der Waals surface area contributed by atoms with Crippen molar-refractivity contribution >= 4 is 5.91 Å². The minimum Gasteiger partial charge on any atom is -0.343 e. The highest BCUT2D eigenvalue weighted by atomic mass is 16.2. The summed E-state index contributed by atoms with van der Waals surface area (Å²) in [4.78, 5) is 17.0. The second kappa shape index (κ2) is 10.6. The van der Waals surface area contributed by atoms with Crippen LogP contribution in [-0.4, -0.2) is 71.8 Å². The van der Waals surface area contributed by atoms with Gasteiger partial charge in [-0.15, -0.1) is 0 Å². The van der Waals surface area contributed by atoms with E-state index in [2.05, 4.69) is 28.7 Å². The molecular weight excluding hydrogens is 362 g/mol. The topological polar surface area (TPSA) is 53.4 Å². The molecule has 0 radical (unpaired) electrons. The molecule has 0 spiro atoms. The third-order valence-corrected chi connectivity index (χ3v) is 6.87. The lowest BCUT2D eigenvalue weighted by Crippen LogP contribution is -2.40. The molecule has 0 aromatic carbocycles. The Morgan fingerprint density at radius 3 is 2.52 bits per heavy atom. The molecule has 1 saturated carbocycles. The van der Waals surface area contributed by atoms with Crippen molar-refractivity contribution < 1.29 is 4.79 Å². The van der Waals surface area contributed by atoms with Gasteiger partial charge in [0.2, 0.25) is 0 Å². The molecule has 0 bridgehead atoms. The fourth-order valence-corrected chi connectivity index (χ4v) is 4.98. The van der Waals surface area contributed by atoms with Gasteiger partial charge in [-0.3, -0.25) is 9.48 Å². The van der Waals surface area contributed by atoms with Gasteiger partial charge in [-0.05, 0) is 51.1 Å². The van der Waals surface area contributed by atoms with E-state index in [1.807, 2.05) is 14.1 Å². The zero-order chi connectivity index (χ0) is 20.8. The van der Waals surface area contributed by atoms with Crippen molar-refractivity contribution in [2.75, 3.05) is 40.3 Å². The normalized spacial score (nSPS) is 20.1. The number of nitrogens with zero attached hydrogens (tertiary/aromatic N) is 4. The molecular formula is C23H41N5O. The average molecular weight is 404 g/mol. The molecule has 6 heteroatoms. The molecule has 6 nitrogen and oxygen atoms in total. The average Bonchev–Trinajstić information content (AvgIpc) is 3.09. The van der Waals surface area contributed by atoms with Gasteiger partial charge in [-0.25, -0.2) is 0 Å². The van der Waals surface area contributed by atoms with Crippen LogP contribution in [0.2, 0.25) is 0 Å². The molecule has 29 heavy (non-hydrogen) atoms. The van der Waals surface area contributed by atoms with Crippen molar-refractivity contribution in [2.24, 2.45) is 5.92 Å². The molecule has 0 saturated heterocycles. The van der Waals surface area contributed by atoms with Crippen LogP contribution in [-0.2, 0) is 19.4 Å². The Morgan fingerprint density at radius 2 is 1.86 bits per heavy atom. The lowest BCUT2D eigenvalue weighted by atomic mass is 9.88. The van der Waals surface area contributed by atoms with Crippen molar-refractivity contribution in [3.05, 3.63) is 17.0 Å². The van der Waals surface area contributed by atoms with Crippen molar-refractivity contribution in [1.29, 1.82) is 0 Å². The Labute approximate surface area is 177 Å². The van der Waals surface area contributed by atoms with Gasteiger partial charge in [0.1, 0.15) is 0 Å². The first kappa shape index (κ1) is 22.3. The van der Waals surface area contributed by atoms with Gasteiger partial charge >= 0.3 is 0 Å². The SMILES string of the molecule is CCN(CC)CCN[C@H]1CCc2c(c(C(=O)N(C)C)nn2CC2CCCCC2)C1. The third-order valence-electron chi connectivity index (χ3n) is 6.87. The van der Waals surface area contributed by atoms with Crippen LogP contribution in [0.5, 0.6) is 0 Å². The van der Waals surface area contributed by atoms with Crippen LogP contribution in [0.15, 0.2) is 0 Å². The fourth-order valence-electron chi connectivity index (χ4n) is 4.98. The van der Waals surface area contributed by atoms with E-state index in [0.717, 1.165) is 57.9 Å². The summed E-state index contributed by atoms with van der Waals surface area (Å²) >= 11 is 0. The van der Waals surface area contributed by atoms with Gasteiger partial charge in [0, 0.05) is 51.0 Å². The van der Waals surface area contributed by atoms with Crippen LogP contribution >= 0.6 is 0 Å². The quantitative estimate of drug-likeness (QED) is 0.689. The highest BCUT2D eigenvalue weighted by Gasteiger charge is 2.30. The summed E-state index contributed by atoms with van der Waals surface area (Å²) in [7, 11) is 3.66. The van der Waals surface area contributed by atoms with Crippen LogP contribution in [0.1, 0.15) is 74.1 Å². The van der Waals surface area contributed by atoms with Crippen molar-refractivity contribution in [1.82, 2.24) is 24.9 Å². The number of nitrogens with one attached hydrogen (secondary N) is 1. The Balaban J connectivity index is 1.71. The van der Waals surface area contributed by atoms with Crippen LogP contribution in [0.25, 0.3) is 0 Å². The Hall–Kier alpha value is -1.40. The summed E-state index contributed by atoms with van der Waals surface area (Å²) in [5.41, 5.74) is 3.21. The second-order valence-corrected chi connectivity index (χ2v) is 9.08. The van der Waals surface area contributed by atoms with Crippen molar-refractivity contribution in [3.63, 3.8) is 0 Å². The molecule has 164 valence electrons. The minimum atomic E-state index is 0.0486. The second-order valence-electron chi connectivity index (χ2n) is 9.08. The van der Waals surface area contributed by atoms with E-state index in [-0.39, 0.29) is 5.91 Å². The number of carbonyl (C=O) groups excluding carboxylic acids is 1. The Kier molecular flexibility index (Phi) is 8.13. The first-order valence-electron chi connectivity index (χ1n) is 11.8. The van der Waals surface area contributed by atoms with Gasteiger partial charge in [0.05, 0.1) is 0 Å². The monoisotopic (exact) mass is 403 g/mol. The largest absolute Gasteiger partial charge is 0.343 e. The molecule has 1 atom stereocenters. The van der Waals surface area contributed by atoms with E-state index in [4.69, 9.17) is 5.10 Å². The first-order valence-corrected chi connectivity index (χ1v) is 11.8. The molecule has 1 N–H and O–H groups in total. The lowest BCUT2D eigenvalue weighted by molar-refractivity contribution is 0.0819. The molecule has 2 aliphatic carbocycles. The highest BCUT2D eigenvalue weighted by molar-refractivity contribution is 5.93. The lowest BCUT2D eigenvalue weighted by Gasteiger charge is -2.27. The minimum absolute atomic E-state index is 0.0486. The fraction of sp³-hybridized carbons (Fsp3) is 0.826. The van der Waals surface area contributed by atoms with Crippen molar-refractivity contribution in [3.8, 4) is 0 Å². The van der Waals surface area contributed by atoms with Crippen LogP contribution in [0.4, 0.5) is 0 Å². The first-order chi connectivity index (χ1) is 14.0. The van der Waals surface area contributed by atoms with Crippen LogP contribution in [0, 0.1) is 5.92 Å². The summed E-state index contributed by atoms with van der Waals surface area (Å²) < 4.78 is 2.20. The van der Waals surface area contributed by atoms with E-state index in [1.54, 1.807) is 4.90 Å². The summed E-state index contributed by atoms with van der Waals surface area (Å²) in [6, 6.07) is 0.444. The van der Waals surface area contributed by atoms with Crippen LogP contribution in [0.3, 0.4) is 0 Å². The molecule has 3 rings (SSSR count). The predicted molar refractivity (Wildman–Crippen MR) is 118 cm³/mol. The number of fused-ring (bicyclic) bond motifs is 1. The molecule has 2 aliphatic rings. The van der Waals surface area contributed by atoms with Gasteiger partial charge in [-0.2, -0.15) is 5.10 Å². The maximum atomic E-state index is 12.8. The number of hydrogen-bond donors (Lipinski definition) is 1. The van der Waals surface area contributed by atoms with Crippen LogP contribution < -0.4 is 5.32 Å². The molecule has 1 aromatic heterocycles. The highest BCUT2D eigenvalue weighted by Crippen LogP contribution is 2.29. The summed E-state index contributed by atoms with van der Waals surface area (Å²) in [5, 5.41) is 8.61. The van der Waals surface area contributed by atoms with E-state index >= 15 is 0 Å². The number of hydrogen-bond acceptors (Lipinski definition) is 4. The maximum absolute atomic E-state index is 12.8. The molecule has 1 amide bonds. The predicted octanol–water partition coefficient (Wildman–Crippen LogP) is 2.95. The van der Waals surface area contributed by atoms with E-state index in [0.29, 0.717) is 11.7 Å². The zero-order valence-electron chi connectivity index (χ0n) is 19.0.